The molecular formula is C9H11N3O4. The number of hydrogen-bond acceptors (Lipinski definition) is 4. The number of aryl methyl sites for hydroxylation is 1. The minimum atomic E-state index is -1.22. The molecule has 0 unspecified atom stereocenters. The molecule has 0 spiro atoms. The van der Waals surface area contributed by atoms with Gasteiger partial charge in [-0.1, -0.05) is 12.7 Å². The summed E-state index contributed by atoms with van der Waals surface area (Å²) in [6.07, 6.45) is 2.02. The number of carbonyl (C=O) groups excluding carboxylic acids is 1. The molecule has 16 heavy (non-hydrogen) atoms. The van der Waals surface area contributed by atoms with Crippen molar-refractivity contribution in [2.75, 3.05) is 11.9 Å². The Morgan fingerprint density at radius 3 is 3.00 bits per heavy atom. The van der Waals surface area contributed by atoms with Gasteiger partial charge in [0.15, 0.2) is 5.69 Å². The molecule has 86 valence electrons. The summed E-state index contributed by atoms with van der Waals surface area (Å²) in [7, 11) is 1.55. The first-order chi connectivity index (χ1) is 7.54. The molecule has 0 saturated carbocycles. The summed E-state index contributed by atoms with van der Waals surface area (Å²) in [5.41, 5.74) is -0.151. The fourth-order valence-corrected chi connectivity index (χ4v) is 1.02. The summed E-state index contributed by atoms with van der Waals surface area (Å²) in [6.45, 7) is 3.42. The number of hydrogen-bond donors (Lipinski definition) is 2. The summed E-state index contributed by atoms with van der Waals surface area (Å²) < 4.78 is 5.93. The molecule has 0 fully saturated rings. The predicted octanol–water partition coefficient (Wildman–Crippen LogP) is 0.853. The Morgan fingerprint density at radius 1 is 1.75 bits per heavy atom. The van der Waals surface area contributed by atoms with Gasteiger partial charge in [0.1, 0.15) is 6.61 Å². The predicted molar refractivity (Wildman–Crippen MR) is 55.3 cm³/mol. The largest absolute Gasteiger partial charge is 0.476 e. The Morgan fingerprint density at radius 2 is 2.44 bits per heavy atom. The maximum atomic E-state index is 11.1. The normalized spacial score (nSPS) is 9.56. The molecule has 1 aromatic heterocycles. The second kappa shape index (κ2) is 4.96. The number of carboxylic acid groups (broad SMARTS) is 1. The van der Waals surface area contributed by atoms with Gasteiger partial charge < -0.3 is 9.84 Å². The first-order valence-corrected chi connectivity index (χ1v) is 4.36. The van der Waals surface area contributed by atoms with E-state index in [9.17, 15) is 9.59 Å². The zero-order valence-corrected chi connectivity index (χ0v) is 8.64. The SMILES string of the molecule is C=CCOC(=O)Nc1cn(C)nc1C(=O)O. The van der Waals surface area contributed by atoms with Gasteiger partial charge >= 0.3 is 12.1 Å². The summed E-state index contributed by atoms with van der Waals surface area (Å²) in [5, 5.41) is 14.7. The van der Waals surface area contributed by atoms with Gasteiger partial charge in [0, 0.05) is 13.2 Å². The molecule has 1 rings (SSSR count). The van der Waals surface area contributed by atoms with Crippen LogP contribution in [0.1, 0.15) is 10.5 Å². The molecule has 1 aromatic rings. The Balaban J connectivity index is 2.76. The fraction of sp³-hybridized carbons (Fsp3) is 0.222. The quantitative estimate of drug-likeness (QED) is 0.741. The van der Waals surface area contributed by atoms with Crippen LogP contribution in [0.25, 0.3) is 0 Å². The molecule has 0 atom stereocenters. The van der Waals surface area contributed by atoms with Crippen LogP contribution >= 0.6 is 0 Å². The average Bonchev–Trinajstić information content (AvgIpc) is 2.56. The lowest BCUT2D eigenvalue weighted by Gasteiger charge is -2.02. The number of ether oxygens (including phenoxy) is 1. The summed E-state index contributed by atoms with van der Waals surface area (Å²) in [6, 6.07) is 0. The molecule has 0 radical (unpaired) electrons. The molecule has 1 amide bonds. The van der Waals surface area contributed by atoms with E-state index in [1.54, 1.807) is 7.05 Å². The van der Waals surface area contributed by atoms with E-state index in [4.69, 9.17) is 5.11 Å². The molecule has 1 heterocycles. The van der Waals surface area contributed by atoms with E-state index >= 15 is 0 Å². The lowest BCUT2D eigenvalue weighted by Crippen LogP contribution is -2.15. The highest BCUT2D eigenvalue weighted by atomic mass is 16.5. The third kappa shape index (κ3) is 2.84. The van der Waals surface area contributed by atoms with Gasteiger partial charge in [-0.05, 0) is 0 Å². The number of rotatable bonds is 4. The second-order valence-electron chi connectivity index (χ2n) is 2.88. The molecule has 0 saturated heterocycles. The molecule has 0 bridgehead atoms. The van der Waals surface area contributed by atoms with Crippen LogP contribution in [0.15, 0.2) is 18.9 Å². The minimum Gasteiger partial charge on any atom is -0.476 e. The topological polar surface area (TPSA) is 93.5 Å². The molecule has 0 aliphatic heterocycles. The summed E-state index contributed by atoms with van der Waals surface area (Å²) >= 11 is 0. The van der Waals surface area contributed by atoms with E-state index in [1.807, 2.05) is 0 Å². The van der Waals surface area contributed by atoms with Gasteiger partial charge in [0.2, 0.25) is 0 Å². The van der Waals surface area contributed by atoms with E-state index in [0.29, 0.717) is 0 Å². The van der Waals surface area contributed by atoms with Crippen LogP contribution in [0, 0.1) is 0 Å². The van der Waals surface area contributed by atoms with Crippen LogP contribution in [-0.4, -0.2) is 33.6 Å². The van der Waals surface area contributed by atoms with Gasteiger partial charge in [0.05, 0.1) is 5.69 Å². The van der Waals surface area contributed by atoms with Crippen LogP contribution in [0.3, 0.4) is 0 Å². The summed E-state index contributed by atoms with van der Waals surface area (Å²) in [4.78, 5) is 21.9. The van der Waals surface area contributed by atoms with Crippen molar-refractivity contribution in [2.45, 2.75) is 0 Å². The first kappa shape index (κ1) is 11.8. The van der Waals surface area contributed by atoms with Crippen molar-refractivity contribution < 1.29 is 19.4 Å². The maximum Gasteiger partial charge on any atom is 0.412 e. The third-order valence-corrected chi connectivity index (χ3v) is 1.60. The van der Waals surface area contributed by atoms with Gasteiger partial charge in [0.25, 0.3) is 0 Å². The van der Waals surface area contributed by atoms with Crippen molar-refractivity contribution in [3.63, 3.8) is 0 Å². The molecule has 2 N–H and O–H groups in total. The van der Waals surface area contributed by atoms with Crippen LogP contribution in [0.4, 0.5) is 10.5 Å². The third-order valence-electron chi connectivity index (χ3n) is 1.60. The zero-order chi connectivity index (χ0) is 12.1. The van der Waals surface area contributed by atoms with Crippen molar-refractivity contribution in [1.29, 1.82) is 0 Å². The molecule has 0 aromatic carbocycles. The van der Waals surface area contributed by atoms with Crippen molar-refractivity contribution in [3.05, 3.63) is 24.5 Å². The number of amides is 1. The van der Waals surface area contributed by atoms with Crippen molar-refractivity contribution in [1.82, 2.24) is 9.78 Å². The number of nitrogens with one attached hydrogen (secondary N) is 1. The molecule has 7 nitrogen and oxygen atoms in total. The van der Waals surface area contributed by atoms with Crippen molar-refractivity contribution in [3.8, 4) is 0 Å². The highest BCUT2D eigenvalue weighted by Crippen LogP contribution is 2.13. The van der Waals surface area contributed by atoms with Gasteiger partial charge in [-0.25, -0.2) is 9.59 Å². The number of aromatic nitrogens is 2. The van der Waals surface area contributed by atoms with Gasteiger partial charge in [-0.3, -0.25) is 10.00 Å². The van der Waals surface area contributed by atoms with Crippen molar-refractivity contribution in [2.24, 2.45) is 7.05 Å². The zero-order valence-electron chi connectivity index (χ0n) is 8.64. The number of anilines is 1. The Bertz CT molecular complexity index is 424. The summed E-state index contributed by atoms with van der Waals surface area (Å²) in [5.74, 6) is -1.22. The van der Waals surface area contributed by atoms with E-state index < -0.39 is 12.1 Å². The van der Waals surface area contributed by atoms with Crippen LogP contribution < -0.4 is 5.32 Å². The van der Waals surface area contributed by atoms with E-state index in [2.05, 4.69) is 21.7 Å². The second-order valence-corrected chi connectivity index (χ2v) is 2.88. The number of carboxylic acids is 1. The minimum absolute atomic E-state index is 0.0501. The van der Waals surface area contributed by atoms with Crippen molar-refractivity contribution >= 4 is 17.7 Å². The lowest BCUT2D eigenvalue weighted by atomic mass is 10.4. The Hall–Kier alpha value is -2.31. The molecule has 0 aliphatic carbocycles. The number of nitrogens with zero attached hydrogens (tertiary/aromatic N) is 2. The van der Waals surface area contributed by atoms with Crippen LogP contribution in [-0.2, 0) is 11.8 Å². The van der Waals surface area contributed by atoms with E-state index in [1.165, 1.54) is 17.0 Å². The van der Waals surface area contributed by atoms with E-state index in [-0.39, 0.29) is 18.0 Å². The Labute approximate surface area is 91.3 Å². The number of aromatic carboxylic acids is 1. The Kier molecular flexibility index (Phi) is 3.65. The standard InChI is InChI=1S/C9H11N3O4/c1-3-4-16-9(15)10-6-5-12(2)11-7(6)8(13)14/h3,5H,1,4H2,2H3,(H,10,15)(H,13,14). The average molecular weight is 225 g/mol. The van der Waals surface area contributed by atoms with E-state index in [0.717, 1.165) is 0 Å². The molecule has 0 aliphatic rings. The highest BCUT2D eigenvalue weighted by molar-refractivity contribution is 5.96. The van der Waals surface area contributed by atoms with Crippen LogP contribution in [0.2, 0.25) is 0 Å². The first-order valence-electron chi connectivity index (χ1n) is 4.36. The monoisotopic (exact) mass is 225 g/mol. The maximum absolute atomic E-state index is 11.1. The molecule has 7 heteroatoms. The lowest BCUT2D eigenvalue weighted by molar-refractivity contribution is 0.0690. The molecular weight excluding hydrogens is 214 g/mol. The highest BCUT2D eigenvalue weighted by Gasteiger charge is 2.16. The number of carbonyl (C=O) groups is 2. The van der Waals surface area contributed by atoms with Crippen LogP contribution in [0.5, 0.6) is 0 Å². The fourth-order valence-electron chi connectivity index (χ4n) is 1.02. The van der Waals surface area contributed by atoms with Gasteiger partial charge in [-0.2, -0.15) is 5.10 Å². The smallest absolute Gasteiger partial charge is 0.412 e. The van der Waals surface area contributed by atoms with Gasteiger partial charge in [-0.15, -0.1) is 0 Å².